The Kier molecular flexibility index (Phi) is 4.53. The van der Waals surface area contributed by atoms with Gasteiger partial charge in [-0.1, -0.05) is 12.1 Å². The zero-order valence-electron chi connectivity index (χ0n) is 9.96. The molecule has 7 heteroatoms. The van der Waals surface area contributed by atoms with Crippen LogP contribution in [0.1, 0.15) is 11.1 Å². The number of aromatic amines is 1. The van der Waals surface area contributed by atoms with Crippen molar-refractivity contribution in [1.82, 2.24) is 15.2 Å². The Morgan fingerprint density at radius 2 is 2.21 bits per heavy atom. The fraction of sp³-hybridized carbons (Fsp3) is 0.167. The first-order chi connectivity index (χ1) is 9.28. The lowest BCUT2D eigenvalue weighted by atomic mass is 10.2. The molecule has 1 amide bonds. The number of anilines is 1. The number of hydrogen-bond acceptors (Lipinski definition) is 5. The molecule has 2 rings (SSSR count). The normalized spacial score (nSPS) is 9.84. The van der Waals surface area contributed by atoms with Crippen molar-refractivity contribution >= 4 is 23.6 Å². The van der Waals surface area contributed by atoms with Crippen LogP contribution in [-0.4, -0.2) is 26.8 Å². The maximum Gasteiger partial charge on any atom is 0.236 e. The molecule has 6 nitrogen and oxygen atoms in total. The van der Waals surface area contributed by atoms with E-state index < -0.39 is 0 Å². The molecule has 0 unspecified atom stereocenters. The molecule has 2 N–H and O–H groups in total. The fourth-order valence-corrected chi connectivity index (χ4v) is 2.16. The topological polar surface area (TPSA) is 94.5 Å². The van der Waals surface area contributed by atoms with Gasteiger partial charge >= 0.3 is 0 Å². The minimum absolute atomic E-state index is 0.129. The highest BCUT2D eigenvalue weighted by Gasteiger charge is 2.04. The Labute approximate surface area is 114 Å². The molecule has 96 valence electrons. The summed E-state index contributed by atoms with van der Waals surface area (Å²) < 4.78 is 0. The molecule has 0 saturated carbocycles. The maximum atomic E-state index is 11.5. The van der Waals surface area contributed by atoms with Crippen LogP contribution in [0.4, 0.5) is 5.95 Å². The number of H-pyrrole nitrogens is 1. The number of rotatable bonds is 5. The van der Waals surface area contributed by atoms with Crippen molar-refractivity contribution in [2.24, 2.45) is 0 Å². The third-order valence-corrected chi connectivity index (χ3v) is 3.26. The molecule has 0 bridgehead atoms. The largest absolute Gasteiger partial charge is 0.294 e. The number of hydrogen-bond donors (Lipinski definition) is 2. The van der Waals surface area contributed by atoms with Crippen LogP contribution in [0.2, 0.25) is 0 Å². The summed E-state index contributed by atoms with van der Waals surface area (Å²) in [6.07, 6.45) is 1.33. The molecule has 0 radical (unpaired) electrons. The van der Waals surface area contributed by atoms with E-state index in [2.05, 4.69) is 26.6 Å². The second-order valence-corrected chi connectivity index (χ2v) is 4.67. The smallest absolute Gasteiger partial charge is 0.236 e. The van der Waals surface area contributed by atoms with Crippen molar-refractivity contribution in [2.45, 2.75) is 5.75 Å². The van der Waals surface area contributed by atoms with E-state index in [4.69, 9.17) is 5.26 Å². The standard InChI is InChI=1S/C12H11N5OS/c13-5-9-1-3-10(4-2-9)6-19-7-11(18)16-12-14-8-15-17-12/h1-4,8H,6-7H2,(H2,14,15,16,17,18). The summed E-state index contributed by atoms with van der Waals surface area (Å²) in [5, 5.41) is 17.5. The van der Waals surface area contributed by atoms with Crippen LogP contribution in [0.15, 0.2) is 30.6 Å². The highest BCUT2D eigenvalue weighted by atomic mass is 32.2. The van der Waals surface area contributed by atoms with Crippen LogP contribution in [0.25, 0.3) is 0 Å². The van der Waals surface area contributed by atoms with Gasteiger partial charge in [0.1, 0.15) is 6.33 Å². The molecule has 0 aliphatic carbocycles. The highest BCUT2D eigenvalue weighted by Crippen LogP contribution is 2.13. The van der Waals surface area contributed by atoms with E-state index in [1.165, 1.54) is 18.1 Å². The highest BCUT2D eigenvalue weighted by molar-refractivity contribution is 7.99. The van der Waals surface area contributed by atoms with Gasteiger partial charge in [-0.3, -0.25) is 10.1 Å². The molecule has 2 aromatic rings. The first-order valence-electron chi connectivity index (χ1n) is 5.50. The number of benzene rings is 1. The van der Waals surface area contributed by atoms with Crippen molar-refractivity contribution < 1.29 is 4.79 Å². The molecule has 0 fully saturated rings. The van der Waals surface area contributed by atoms with Gasteiger partial charge in [0.2, 0.25) is 11.9 Å². The molecule has 0 aliphatic rings. The average Bonchev–Trinajstić information content (AvgIpc) is 2.92. The number of aromatic nitrogens is 3. The van der Waals surface area contributed by atoms with Crippen molar-refractivity contribution in [2.75, 3.05) is 11.1 Å². The molecule has 0 spiro atoms. The van der Waals surface area contributed by atoms with Crippen molar-refractivity contribution in [3.63, 3.8) is 0 Å². The maximum absolute atomic E-state index is 11.5. The predicted octanol–water partition coefficient (Wildman–Crippen LogP) is 1.55. The summed E-state index contributed by atoms with van der Waals surface area (Å²) in [7, 11) is 0. The third kappa shape index (κ3) is 4.12. The Bertz CT molecular complexity index is 573. The zero-order valence-corrected chi connectivity index (χ0v) is 10.8. The van der Waals surface area contributed by atoms with Crippen LogP contribution < -0.4 is 5.32 Å². The Balaban J connectivity index is 1.74. The van der Waals surface area contributed by atoms with E-state index in [0.29, 0.717) is 17.3 Å². The minimum atomic E-state index is -0.129. The second-order valence-electron chi connectivity index (χ2n) is 3.68. The van der Waals surface area contributed by atoms with Crippen LogP contribution in [0.5, 0.6) is 0 Å². The second kappa shape index (κ2) is 6.56. The van der Waals surface area contributed by atoms with Crippen LogP contribution in [0, 0.1) is 11.3 Å². The van der Waals surface area contributed by atoms with Crippen LogP contribution in [0.3, 0.4) is 0 Å². The molecule has 19 heavy (non-hydrogen) atoms. The van der Waals surface area contributed by atoms with Gasteiger partial charge < -0.3 is 0 Å². The Morgan fingerprint density at radius 1 is 1.42 bits per heavy atom. The number of carbonyl (C=O) groups excluding carboxylic acids is 1. The minimum Gasteiger partial charge on any atom is -0.294 e. The van der Waals surface area contributed by atoms with Gasteiger partial charge in [-0.25, -0.2) is 5.10 Å². The summed E-state index contributed by atoms with van der Waals surface area (Å²) in [6.45, 7) is 0. The summed E-state index contributed by atoms with van der Waals surface area (Å²) >= 11 is 1.49. The molecular formula is C12H11N5OS. The number of nitrogens with one attached hydrogen (secondary N) is 2. The van der Waals surface area contributed by atoms with Gasteiger partial charge in [-0.15, -0.1) is 11.8 Å². The predicted molar refractivity (Wildman–Crippen MR) is 72.3 cm³/mol. The lowest BCUT2D eigenvalue weighted by molar-refractivity contribution is -0.113. The SMILES string of the molecule is N#Cc1ccc(CSCC(=O)Nc2ncn[nH]2)cc1. The Morgan fingerprint density at radius 3 is 2.84 bits per heavy atom. The summed E-state index contributed by atoms with van der Waals surface area (Å²) in [5.74, 6) is 1.27. The van der Waals surface area contributed by atoms with Gasteiger partial charge in [-0.2, -0.15) is 15.3 Å². The summed E-state index contributed by atoms with van der Waals surface area (Å²) in [5.41, 5.74) is 1.72. The Hall–Kier alpha value is -2.33. The van der Waals surface area contributed by atoms with Gasteiger partial charge in [0.15, 0.2) is 0 Å². The van der Waals surface area contributed by atoms with E-state index in [0.717, 1.165) is 11.3 Å². The average molecular weight is 273 g/mol. The molecular weight excluding hydrogens is 262 g/mol. The van der Waals surface area contributed by atoms with E-state index in [9.17, 15) is 4.79 Å². The number of nitriles is 1. The third-order valence-electron chi connectivity index (χ3n) is 2.26. The quantitative estimate of drug-likeness (QED) is 0.861. The summed E-state index contributed by atoms with van der Waals surface area (Å²) in [6, 6.07) is 9.38. The van der Waals surface area contributed by atoms with E-state index in [1.807, 2.05) is 12.1 Å². The number of thioether (sulfide) groups is 1. The molecule has 0 atom stereocenters. The first-order valence-corrected chi connectivity index (χ1v) is 6.65. The van der Waals surface area contributed by atoms with E-state index >= 15 is 0 Å². The van der Waals surface area contributed by atoms with Crippen molar-refractivity contribution in [3.05, 3.63) is 41.7 Å². The molecule has 0 saturated heterocycles. The molecule has 1 aromatic carbocycles. The van der Waals surface area contributed by atoms with Gasteiger partial charge in [-0.05, 0) is 17.7 Å². The van der Waals surface area contributed by atoms with Crippen LogP contribution in [-0.2, 0) is 10.5 Å². The van der Waals surface area contributed by atoms with Gasteiger partial charge in [0, 0.05) is 5.75 Å². The first kappa shape index (κ1) is 13.1. The molecule has 1 heterocycles. The van der Waals surface area contributed by atoms with Crippen LogP contribution >= 0.6 is 11.8 Å². The fourth-order valence-electron chi connectivity index (χ4n) is 1.37. The number of amides is 1. The lowest BCUT2D eigenvalue weighted by Gasteiger charge is -2.02. The monoisotopic (exact) mass is 273 g/mol. The van der Waals surface area contributed by atoms with Crippen molar-refractivity contribution in [3.8, 4) is 6.07 Å². The molecule has 1 aromatic heterocycles. The van der Waals surface area contributed by atoms with Gasteiger partial charge in [0.25, 0.3) is 0 Å². The van der Waals surface area contributed by atoms with E-state index in [1.54, 1.807) is 12.1 Å². The number of nitrogens with zero attached hydrogens (tertiary/aromatic N) is 3. The van der Waals surface area contributed by atoms with Crippen molar-refractivity contribution in [1.29, 1.82) is 5.26 Å². The van der Waals surface area contributed by atoms with Gasteiger partial charge in [0.05, 0.1) is 17.4 Å². The summed E-state index contributed by atoms with van der Waals surface area (Å²) in [4.78, 5) is 15.3. The van der Waals surface area contributed by atoms with E-state index in [-0.39, 0.29) is 5.91 Å². The lowest BCUT2D eigenvalue weighted by Crippen LogP contribution is -2.15. The number of carbonyl (C=O) groups is 1. The molecule has 0 aliphatic heterocycles. The zero-order chi connectivity index (χ0) is 13.5.